The van der Waals surface area contributed by atoms with Crippen LogP contribution in [-0.2, 0) is 7.05 Å². The SMILES string of the molecule is CCC(CC)(CO)CNC(=O)c1cc(C)nc2c1c(C)nn2C. The molecular weight excluding hydrogens is 292 g/mol. The van der Waals surface area contributed by atoms with Gasteiger partial charge in [0, 0.05) is 24.7 Å². The van der Waals surface area contributed by atoms with Gasteiger partial charge in [-0.1, -0.05) is 13.8 Å². The first-order valence-electron chi connectivity index (χ1n) is 8.07. The van der Waals surface area contributed by atoms with Gasteiger partial charge in [0.05, 0.1) is 23.3 Å². The topological polar surface area (TPSA) is 80.0 Å². The predicted molar refractivity (Wildman–Crippen MR) is 90.4 cm³/mol. The van der Waals surface area contributed by atoms with Crippen molar-refractivity contribution in [2.75, 3.05) is 13.2 Å². The molecule has 0 saturated heterocycles. The summed E-state index contributed by atoms with van der Waals surface area (Å²) in [6.45, 7) is 8.34. The number of aliphatic hydroxyl groups is 1. The molecule has 2 heterocycles. The Kier molecular flexibility index (Phi) is 5.04. The maximum atomic E-state index is 12.7. The maximum absolute atomic E-state index is 12.7. The average molecular weight is 318 g/mol. The van der Waals surface area contributed by atoms with E-state index in [4.69, 9.17) is 0 Å². The van der Waals surface area contributed by atoms with Crippen molar-refractivity contribution in [3.05, 3.63) is 23.0 Å². The van der Waals surface area contributed by atoms with E-state index in [0.717, 1.165) is 29.6 Å². The molecule has 6 nitrogen and oxygen atoms in total. The molecule has 0 atom stereocenters. The van der Waals surface area contributed by atoms with Gasteiger partial charge < -0.3 is 10.4 Å². The van der Waals surface area contributed by atoms with Crippen LogP contribution in [0.4, 0.5) is 0 Å². The number of aromatic nitrogens is 3. The zero-order valence-electron chi connectivity index (χ0n) is 14.6. The lowest BCUT2D eigenvalue weighted by Gasteiger charge is -2.29. The van der Waals surface area contributed by atoms with E-state index in [1.165, 1.54) is 0 Å². The zero-order chi connectivity index (χ0) is 17.2. The molecule has 2 rings (SSSR count). The molecule has 0 fully saturated rings. The van der Waals surface area contributed by atoms with Crippen molar-refractivity contribution in [3.63, 3.8) is 0 Å². The number of amides is 1. The molecule has 0 spiro atoms. The van der Waals surface area contributed by atoms with Gasteiger partial charge in [0.1, 0.15) is 0 Å². The monoisotopic (exact) mass is 318 g/mol. The smallest absolute Gasteiger partial charge is 0.252 e. The van der Waals surface area contributed by atoms with E-state index < -0.39 is 0 Å². The Hall–Kier alpha value is -1.95. The Morgan fingerprint density at radius 3 is 2.57 bits per heavy atom. The first-order chi connectivity index (χ1) is 10.9. The molecule has 1 amide bonds. The molecule has 0 bridgehead atoms. The fourth-order valence-electron chi connectivity index (χ4n) is 2.89. The highest BCUT2D eigenvalue weighted by molar-refractivity contribution is 6.06. The second-order valence-corrected chi connectivity index (χ2v) is 6.27. The molecule has 2 aromatic heterocycles. The predicted octanol–water partition coefficient (Wildman–Crippen LogP) is 2.11. The molecule has 2 aromatic rings. The summed E-state index contributed by atoms with van der Waals surface area (Å²) in [6, 6.07) is 1.80. The summed E-state index contributed by atoms with van der Waals surface area (Å²) in [5.74, 6) is -0.142. The van der Waals surface area contributed by atoms with Gasteiger partial charge in [-0.2, -0.15) is 5.10 Å². The highest BCUT2D eigenvalue weighted by Gasteiger charge is 2.27. The van der Waals surface area contributed by atoms with Gasteiger partial charge in [0.2, 0.25) is 0 Å². The number of aryl methyl sites for hydroxylation is 3. The lowest BCUT2D eigenvalue weighted by Crippen LogP contribution is -2.39. The molecule has 0 aliphatic carbocycles. The van der Waals surface area contributed by atoms with E-state index in [1.807, 2.05) is 34.7 Å². The number of carbonyl (C=O) groups excluding carboxylic acids is 1. The quantitative estimate of drug-likeness (QED) is 0.855. The van der Waals surface area contributed by atoms with Crippen LogP contribution >= 0.6 is 0 Å². The molecule has 2 N–H and O–H groups in total. The second-order valence-electron chi connectivity index (χ2n) is 6.27. The molecule has 0 unspecified atom stereocenters. The number of hydrogen-bond acceptors (Lipinski definition) is 4. The van der Waals surface area contributed by atoms with Gasteiger partial charge in [-0.05, 0) is 32.8 Å². The molecule has 6 heteroatoms. The second kappa shape index (κ2) is 6.66. The fraction of sp³-hybridized carbons (Fsp3) is 0.588. The van der Waals surface area contributed by atoms with Crippen LogP contribution in [-0.4, -0.2) is 38.9 Å². The van der Waals surface area contributed by atoms with Gasteiger partial charge in [-0.15, -0.1) is 0 Å². The van der Waals surface area contributed by atoms with Gasteiger partial charge in [-0.3, -0.25) is 9.48 Å². The van der Waals surface area contributed by atoms with Crippen LogP contribution in [0, 0.1) is 19.3 Å². The normalized spacial score (nSPS) is 11.9. The average Bonchev–Trinajstić information content (AvgIpc) is 2.82. The number of carbonyl (C=O) groups is 1. The summed E-state index contributed by atoms with van der Waals surface area (Å²) in [5, 5.41) is 17.8. The van der Waals surface area contributed by atoms with E-state index in [2.05, 4.69) is 15.4 Å². The Morgan fingerprint density at radius 1 is 1.35 bits per heavy atom. The molecule has 0 aliphatic rings. The van der Waals surface area contributed by atoms with Crippen LogP contribution in [0.3, 0.4) is 0 Å². The number of nitrogens with zero attached hydrogens (tertiary/aromatic N) is 3. The lowest BCUT2D eigenvalue weighted by molar-refractivity contribution is 0.0852. The van der Waals surface area contributed by atoms with Crippen molar-refractivity contribution in [3.8, 4) is 0 Å². The number of aliphatic hydroxyl groups excluding tert-OH is 1. The lowest BCUT2D eigenvalue weighted by atomic mass is 9.83. The summed E-state index contributed by atoms with van der Waals surface area (Å²) in [6.07, 6.45) is 1.63. The highest BCUT2D eigenvalue weighted by atomic mass is 16.3. The summed E-state index contributed by atoms with van der Waals surface area (Å²) >= 11 is 0. The zero-order valence-corrected chi connectivity index (χ0v) is 14.6. The minimum atomic E-state index is -0.263. The van der Waals surface area contributed by atoms with E-state index >= 15 is 0 Å². The van der Waals surface area contributed by atoms with Crippen LogP contribution in [0.1, 0.15) is 48.4 Å². The van der Waals surface area contributed by atoms with Crippen molar-refractivity contribution in [1.82, 2.24) is 20.1 Å². The first kappa shape index (κ1) is 17.4. The summed E-state index contributed by atoms with van der Waals surface area (Å²) in [5.41, 5.74) is 2.62. The highest BCUT2D eigenvalue weighted by Crippen LogP contribution is 2.25. The summed E-state index contributed by atoms with van der Waals surface area (Å²) in [7, 11) is 1.83. The number of nitrogens with one attached hydrogen (secondary N) is 1. The van der Waals surface area contributed by atoms with Crippen LogP contribution in [0.25, 0.3) is 11.0 Å². The number of pyridine rings is 1. The molecule has 126 valence electrons. The van der Waals surface area contributed by atoms with E-state index in [-0.39, 0.29) is 17.9 Å². The van der Waals surface area contributed by atoms with Crippen molar-refractivity contribution < 1.29 is 9.90 Å². The largest absolute Gasteiger partial charge is 0.396 e. The minimum Gasteiger partial charge on any atom is -0.396 e. The third-order valence-corrected chi connectivity index (χ3v) is 4.80. The molecule has 23 heavy (non-hydrogen) atoms. The van der Waals surface area contributed by atoms with Crippen LogP contribution in [0.15, 0.2) is 6.07 Å². The Balaban J connectivity index is 2.35. The Morgan fingerprint density at radius 2 is 2.00 bits per heavy atom. The molecular formula is C17H26N4O2. The van der Waals surface area contributed by atoms with Crippen molar-refractivity contribution in [2.45, 2.75) is 40.5 Å². The minimum absolute atomic E-state index is 0.0665. The molecule has 0 aliphatic heterocycles. The standard InChI is InChI=1S/C17H26N4O2/c1-6-17(7-2,10-22)9-18-16(23)13-8-11(3)19-15-14(13)12(4)20-21(15)5/h8,22H,6-7,9-10H2,1-5H3,(H,18,23). The van der Waals surface area contributed by atoms with Gasteiger partial charge >= 0.3 is 0 Å². The number of rotatable bonds is 6. The molecule has 0 aromatic carbocycles. The van der Waals surface area contributed by atoms with Gasteiger partial charge in [0.15, 0.2) is 5.65 Å². The van der Waals surface area contributed by atoms with Crippen LogP contribution in [0.5, 0.6) is 0 Å². The summed E-state index contributed by atoms with van der Waals surface area (Å²) < 4.78 is 1.70. The first-order valence-corrected chi connectivity index (χ1v) is 8.07. The van der Waals surface area contributed by atoms with Crippen LogP contribution < -0.4 is 5.32 Å². The maximum Gasteiger partial charge on any atom is 0.252 e. The van der Waals surface area contributed by atoms with Gasteiger partial charge in [-0.25, -0.2) is 4.98 Å². The van der Waals surface area contributed by atoms with E-state index in [9.17, 15) is 9.90 Å². The van der Waals surface area contributed by atoms with E-state index in [0.29, 0.717) is 17.8 Å². The Labute approximate surface area is 136 Å². The van der Waals surface area contributed by atoms with Crippen LogP contribution in [0.2, 0.25) is 0 Å². The van der Waals surface area contributed by atoms with E-state index in [1.54, 1.807) is 10.7 Å². The fourth-order valence-corrected chi connectivity index (χ4v) is 2.89. The van der Waals surface area contributed by atoms with Crippen molar-refractivity contribution in [2.24, 2.45) is 12.5 Å². The van der Waals surface area contributed by atoms with Gasteiger partial charge in [0.25, 0.3) is 5.91 Å². The Bertz CT molecular complexity index is 709. The van der Waals surface area contributed by atoms with Crippen molar-refractivity contribution in [1.29, 1.82) is 0 Å². The number of fused-ring (bicyclic) bond motifs is 1. The van der Waals surface area contributed by atoms with Crippen molar-refractivity contribution >= 4 is 16.9 Å². The molecule has 0 saturated carbocycles. The summed E-state index contributed by atoms with van der Waals surface area (Å²) in [4.78, 5) is 17.2. The number of hydrogen-bond donors (Lipinski definition) is 2. The third-order valence-electron chi connectivity index (χ3n) is 4.80. The third kappa shape index (κ3) is 3.22. The molecule has 0 radical (unpaired) electrons.